The molecule has 1 fully saturated rings. The highest BCUT2D eigenvalue weighted by molar-refractivity contribution is 5.93. The highest BCUT2D eigenvalue weighted by Crippen LogP contribution is 2.26. The molecule has 2 aromatic rings. The molecule has 2 N–H and O–H groups in total. The van der Waals surface area contributed by atoms with Crippen LogP contribution in [0.2, 0.25) is 0 Å². The Morgan fingerprint density at radius 1 is 1.08 bits per heavy atom. The molecule has 0 atom stereocenters. The SMILES string of the molecule is O=C(CN(CCO)C1CC1)Nc1ccccc1Cc1ccccc1. The van der Waals surface area contributed by atoms with Crippen molar-refractivity contribution in [3.63, 3.8) is 0 Å². The van der Waals surface area contributed by atoms with Gasteiger partial charge >= 0.3 is 0 Å². The molecule has 4 nitrogen and oxygen atoms in total. The highest BCUT2D eigenvalue weighted by Gasteiger charge is 2.29. The summed E-state index contributed by atoms with van der Waals surface area (Å²) in [5, 5.41) is 12.2. The number of amides is 1. The van der Waals surface area contributed by atoms with Crippen LogP contribution in [0.4, 0.5) is 5.69 Å². The minimum atomic E-state index is -0.0177. The number of carbonyl (C=O) groups is 1. The smallest absolute Gasteiger partial charge is 0.238 e. The van der Waals surface area contributed by atoms with Crippen LogP contribution in [0.1, 0.15) is 24.0 Å². The van der Waals surface area contributed by atoms with Gasteiger partial charge in [0, 0.05) is 18.3 Å². The van der Waals surface area contributed by atoms with Crippen molar-refractivity contribution in [3.05, 3.63) is 65.7 Å². The van der Waals surface area contributed by atoms with Crippen molar-refractivity contribution in [1.29, 1.82) is 0 Å². The van der Waals surface area contributed by atoms with Crippen molar-refractivity contribution in [3.8, 4) is 0 Å². The lowest BCUT2D eigenvalue weighted by atomic mass is 10.0. The standard InChI is InChI=1S/C20H24N2O2/c23-13-12-22(18-10-11-18)15-20(24)21-19-9-5-4-8-17(19)14-16-6-2-1-3-7-16/h1-9,18,23H,10-15H2,(H,21,24). The monoisotopic (exact) mass is 324 g/mol. The number of para-hydroxylation sites is 1. The molecule has 1 aliphatic rings. The Balaban J connectivity index is 1.65. The Hall–Kier alpha value is -2.17. The van der Waals surface area contributed by atoms with E-state index in [-0.39, 0.29) is 12.5 Å². The molecule has 0 aliphatic heterocycles. The van der Waals surface area contributed by atoms with Crippen LogP contribution in [0.15, 0.2) is 54.6 Å². The van der Waals surface area contributed by atoms with Crippen LogP contribution < -0.4 is 5.32 Å². The second-order valence-corrected chi connectivity index (χ2v) is 6.29. The molecule has 0 aromatic heterocycles. The average Bonchev–Trinajstić information content (AvgIpc) is 3.42. The molecule has 0 saturated heterocycles. The van der Waals surface area contributed by atoms with E-state index < -0.39 is 0 Å². The van der Waals surface area contributed by atoms with E-state index in [4.69, 9.17) is 5.11 Å². The van der Waals surface area contributed by atoms with Gasteiger partial charge in [0.15, 0.2) is 0 Å². The lowest BCUT2D eigenvalue weighted by Crippen LogP contribution is -2.36. The Labute approximate surface area is 143 Å². The second kappa shape index (κ2) is 8.08. The highest BCUT2D eigenvalue weighted by atomic mass is 16.3. The minimum Gasteiger partial charge on any atom is -0.395 e. The topological polar surface area (TPSA) is 52.6 Å². The van der Waals surface area contributed by atoms with Gasteiger partial charge in [-0.1, -0.05) is 48.5 Å². The van der Waals surface area contributed by atoms with Gasteiger partial charge in [-0.3, -0.25) is 9.69 Å². The first-order valence-electron chi connectivity index (χ1n) is 8.53. The Morgan fingerprint density at radius 3 is 2.50 bits per heavy atom. The van der Waals surface area contributed by atoms with Gasteiger partial charge in [-0.25, -0.2) is 0 Å². The number of hydrogen-bond acceptors (Lipinski definition) is 3. The summed E-state index contributed by atoms with van der Waals surface area (Å²) < 4.78 is 0. The lowest BCUT2D eigenvalue weighted by molar-refractivity contribution is -0.117. The van der Waals surface area contributed by atoms with Crippen molar-refractivity contribution in [2.75, 3.05) is 25.0 Å². The summed E-state index contributed by atoms with van der Waals surface area (Å²) in [5.41, 5.74) is 3.20. The molecular formula is C20H24N2O2. The number of rotatable bonds is 8. The maximum absolute atomic E-state index is 12.4. The third-order valence-electron chi connectivity index (χ3n) is 4.33. The van der Waals surface area contributed by atoms with Crippen LogP contribution in [-0.2, 0) is 11.2 Å². The predicted octanol–water partition coefficient (Wildman–Crippen LogP) is 2.67. The average molecular weight is 324 g/mol. The zero-order chi connectivity index (χ0) is 16.8. The van der Waals surface area contributed by atoms with E-state index in [0.29, 0.717) is 19.1 Å². The molecule has 0 spiro atoms. The van der Waals surface area contributed by atoms with Gasteiger partial charge in [0.25, 0.3) is 0 Å². The maximum atomic E-state index is 12.4. The van der Waals surface area contributed by atoms with Gasteiger partial charge in [0.05, 0.1) is 13.2 Å². The Bertz CT molecular complexity index is 668. The van der Waals surface area contributed by atoms with Crippen molar-refractivity contribution in [2.45, 2.75) is 25.3 Å². The van der Waals surface area contributed by atoms with Crippen LogP contribution in [0.25, 0.3) is 0 Å². The fourth-order valence-electron chi connectivity index (χ4n) is 2.95. The van der Waals surface area contributed by atoms with Crippen molar-refractivity contribution in [2.24, 2.45) is 0 Å². The first kappa shape index (κ1) is 16.7. The van der Waals surface area contributed by atoms with E-state index in [1.165, 1.54) is 5.56 Å². The zero-order valence-electron chi connectivity index (χ0n) is 13.8. The van der Waals surface area contributed by atoms with E-state index in [1.54, 1.807) is 0 Å². The second-order valence-electron chi connectivity index (χ2n) is 6.29. The van der Waals surface area contributed by atoms with Gasteiger partial charge in [-0.15, -0.1) is 0 Å². The van der Waals surface area contributed by atoms with E-state index >= 15 is 0 Å². The first-order chi connectivity index (χ1) is 11.8. The largest absolute Gasteiger partial charge is 0.395 e. The zero-order valence-corrected chi connectivity index (χ0v) is 13.8. The lowest BCUT2D eigenvalue weighted by Gasteiger charge is -2.20. The van der Waals surface area contributed by atoms with Gasteiger partial charge < -0.3 is 10.4 Å². The van der Waals surface area contributed by atoms with Crippen LogP contribution in [0, 0.1) is 0 Å². The number of benzene rings is 2. The Kier molecular flexibility index (Phi) is 5.62. The first-order valence-corrected chi connectivity index (χ1v) is 8.53. The molecule has 0 bridgehead atoms. The number of carbonyl (C=O) groups excluding carboxylic acids is 1. The molecule has 1 aliphatic carbocycles. The van der Waals surface area contributed by atoms with Gasteiger partial charge in [0.1, 0.15) is 0 Å². The van der Waals surface area contributed by atoms with Gasteiger partial charge in [-0.2, -0.15) is 0 Å². The normalized spacial score (nSPS) is 13.9. The number of hydrogen-bond donors (Lipinski definition) is 2. The summed E-state index contributed by atoms with van der Waals surface area (Å²) in [6.45, 7) is 0.989. The summed E-state index contributed by atoms with van der Waals surface area (Å²) in [5.74, 6) is -0.0177. The molecule has 0 radical (unpaired) electrons. The number of nitrogens with one attached hydrogen (secondary N) is 1. The van der Waals surface area contributed by atoms with E-state index in [0.717, 1.165) is 30.5 Å². The fourth-order valence-corrected chi connectivity index (χ4v) is 2.95. The molecule has 3 rings (SSSR count). The van der Waals surface area contributed by atoms with Crippen LogP contribution in [-0.4, -0.2) is 41.7 Å². The van der Waals surface area contributed by atoms with Crippen molar-refractivity contribution < 1.29 is 9.90 Å². The summed E-state index contributed by atoms with van der Waals surface area (Å²) in [6.07, 6.45) is 3.04. The molecular weight excluding hydrogens is 300 g/mol. The molecule has 126 valence electrons. The fraction of sp³-hybridized carbons (Fsp3) is 0.350. The molecule has 4 heteroatoms. The van der Waals surface area contributed by atoms with Crippen molar-refractivity contribution >= 4 is 11.6 Å². The molecule has 24 heavy (non-hydrogen) atoms. The number of aliphatic hydroxyl groups excluding tert-OH is 1. The predicted molar refractivity (Wildman–Crippen MR) is 96.0 cm³/mol. The Morgan fingerprint density at radius 2 is 1.79 bits per heavy atom. The molecule has 0 heterocycles. The summed E-state index contributed by atoms with van der Waals surface area (Å²) >= 11 is 0. The molecule has 1 amide bonds. The number of nitrogens with zero attached hydrogens (tertiary/aromatic N) is 1. The van der Waals surface area contributed by atoms with Crippen LogP contribution in [0.3, 0.4) is 0 Å². The number of aliphatic hydroxyl groups is 1. The van der Waals surface area contributed by atoms with Crippen molar-refractivity contribution in [1.82, 2.24) is 4.90 Å². The third kappa shape index (κ3) is 4.66. The quantitative estimate of drug-likeness (QED) is 0.785. The summed E-state index contributed by atoms with van der Waals surface area (Å²) in [6, 6.07) is 18.6. The molecule has 2 aromatic carbocycles. The maximum Gasteiger partial charge on any atom is 0.238 e. The van der Waals surface area contributed by atoms with Crippen LogP contribution >= 0.6 is 0 Å². The van der Waals surface area contributed by atoms with Crippen LogP contribution in [0.5, 0.6) is 0 Å². The van der Waals surface area contributed by atoms with E-state index in [2.05, 4.69) is 28.4 Å². The van der Waals surface area contributed by atoms with E-state index in [9.17, 15) is 4.79 Å². The summed E-state index contributed by atoms with van der Waals surface area (Å²) in [4.78, 5) is 14.5. The molecule has 0 unspecified atom stereocenters. The van der Waals surface area contributed by atoms with Gasteiger partial charge in [-0.05, 0) is 36.5 Å². The third-order valence-corrected chi connectivity index (χ3v) is 4.33. The minimum absolute atomic E-state index is 0.0177. The van der Waals surface area contributed by atoms with Gasteiger partial charge in [0.2, 0.25) is 5.91 Å². The number of anilines is 1. The molecule has 1 saturated carbocycles. The van der Waals surface area contributed by atoms with E-state index in [1.807, 2.05) is 36.4 Å². The summed E-state index contributed by atoms with van der Waals surface area (Å²) in [7, 11) is 0.